The summed E-state index contributed by atoms with van der Waals surface area (Å²) in [4.78, 5) is 23.7. The van der Waals surface area contributed by atoms with Gasteiger partial charge in [0.25, 0.3) is 5.91 Å². The van der Waals surface area contributed by atoms with E-state index in [2.05, 4.69) is 10.0 Å². The zero-order chi connectivity index (χ0) is 21.6. The molecule has 1 amide bonds. The van der Waals surface area contributed by atoms with E-state index in [4.69, 9.17) is 9.47 Å². The molecule has 2 N–H and O–H groups in total. The van der Waals surface area contributed by atoms with Crippen molar-refractivity contribution in [1.29, 1.82) is 0 Å². The van der Waals surface area contributed by atoms with E-state index < -0.39 is 15.9 Å². The van der Waals surface area contributed by atoms with Crippen molar-refractivity contribution in [2.45, 2.75) is 31.7 Å². The Hall–Kier alpha value is -2.91. The van der Waals surface area contributed by atoms with Crippen LogP contribution in [0.1, 0.15) is 31.1 Å². The van der Waals surface area contributed by atoms with Gasteiger partial charge < -0.3 is 14.8 Å². The molecule has 0 saturated carbocycles. The van der Waals surface area contributed by atoms with E-state index in [0.29, 0.717) is 22.7 Å². The molecule has 0 aliphatic carbocycles. The molecule has 29 heavy (non-hydrogen) atoms. The lowest BCUT2D eigenvalue weighted by Crippen LogP contribution is -2.30. The summed E-state index contributed by atoms with van der Waals surface area (Å²) < 4.78 is 37.4. The third kappa shape index (κ3) is 6.30. The average Bonchev–Trinajstić information content (AvgIpc) is 2.65. The quantitative estimate of drug-likeness (QED) is 0.603. The number of carbonyl (C=O) groups excluding carboxylic acids is 2. The van der Waals surface area contributed by atoms with Crippen LogP contribution in [-0.4, -0.2) is 39.9 Å². The smallest absolute Gasteiger partial charge is 0.262 e. The zero-order valence-corrected chi connectivity index (χ0v) is 17.5. The van der Waals surface area contributed by atoms with Crippen LogP contribution in [0.15, 0.2) is 47.4 Å². The molecule has 0 bridgehead atoms. The number of Topliss-reactive ketones (excluding diaryl/α,β-unsaturated/α-hetero) is 1. The molecular formula is C20H24N2O6S. The first-order valence-corrected chi connectivity index (χ1v) is 10.3. The van der Waals surface area contributed by atoms with E-state index in [1.54, 1.807) is 32.0 Å². The van der Waals surface area contributed by atoms with Gasteiger partial charge in [0.1, 0.15) is 0 Å². The fraction of sp³-hybridized carbons (Fsp3) is 0.300. The third-order valence-electron chi connectivity index (χ3n) is 3.77. The maximum atomic E-state index is 12.1. The summed E-state index contributed by atoms with van der Waals surface area (Å²) in [5, 5.41) is 2.62. The molecule has 0 unspecified atom stereocenters. The van der Waals surface area contributed by atoms with Crippen LogP contribution in [0.25, 0.3) is 0 Å². The molecule has 2 aromatic rings. The highest BCUT2D eigenvalue weighted by atomic mass is 32.2. The maximum absolute atomic E-state index is 12.1. The van der Waals surface area contributed by atoms with Crippen molar-refractivity contribution in [2.75, 3.05) is 19.0 Å². The van der Waals surface area contributed by atoms with E-state index in [1.807, 2.05) is 0 Å². The minimum atomic E-state index is -3.59. The normalized spacial score (nSPS) is 11.2. The highest BCUT2D eigenvalue weighted by Crippen LogP contribution is 2.28. The summed E-state index contributed by atoms with van der Waals surface area (Å²) in [5.41, 5.74) is 0.904. The summed E-state index contributed by atoms with van der Waals surface area (Å²) in [6.07, 6.45) is 0. The van der Waals surface area contributed by atoms with Crippen molar-refractivity contribution in [2.24, 2.45) is 0 Å². The number of sulfonamides is 1. The Balaban J connectivity index is 1.99. The molecule has 0 spiro atoms. The lowest BCUT2D eigenvalue weighted by atomic mass is 10.1. The van der Waals surface area contributed by atoms with Crippen LogP contribution in [0.4, 0.5) is 5.69 Å². The van der Waals surface area contributed by atoms with Crippen LogP contribution in [0.3, 0.4) is 0 Å². The van der Waals surface area contributed by atoms with E-state index >= 15 is 0 Å². The van der Waals surface area contributed by atoms with Crippen LogP contribution in [0.5, 0.6) is 11.5 Å². The number of benzene rings is 2. The molecule has 0 aliphatic heterocycles. The predicted octanol–water partition coefficient (Wildman–Crippen LogP) is 2.60. The number of hydrogen-bond acceptors (Lipinski definition) is 6. The Labute approximate surface area is 170 Å². The maximum Gasteiger partial charge on any atom is 0.262 e. The number of ketones is 1. The molecule has 0 aromatic heterocycles. The lowest BCUT2D eigenvalue weighted by Gasteiger charge is -2.12. The molecule has 0 fully saturated rings. The number of nitrogens with one attached hydrogen (secondary N) is 2. The second-order valence-corrected chi connectivity index (χ2v) is 8.27. The summed E-state index contributed by atoms with van der Waals surface area (Å²) in [5.74, 6) is 0.131. The molecule has 9 heteroatoms. The van der Waals surface area contributed by atoms with Crippen molar-refractivity contribution in [3.8, 4) is 11.5 Å². The van der Waals surface area contributed by atoms with Gasteiger partial charge in [0, 0.05) is 17.3 Å². The average molecular weight is 420 g/mol. The van der Waals surface area contributed by atoms with Gasteiger partial charge >= 0.3 is 0 Å². The number of carbonyl (C=O) groups is 2. The first-order chi connectivity index (χ1) is 13.6. The minimum Gasteiger partial charge on any atom is -0.493 e. The van der Waals surface area contributed by atoms with Gasteiger partial charge in [-0.15, -0.1) is 0 Å². The highest BCUT2D eigenvalue weighted by Gasteiger charge is 2.15. The van der Waals surface area contributed by atoms with Gasteiger partial charge in [0.05, 0.1) is 12.0 Å². The van der Waals surface area contributed by atoms with Gasteiger partial charge in [-0.25, -0.2) is 13.1 Å². The molecule has 0 saturated heterocycles. The summed E-state index contributed by atoms with van der Waals surface area (Å²) >= 11 is 0. The van der Waals surface area contributed by atoms with Crippen LogP contribution in [-0.2, 0) is 14.8 Å². The number of methoxy groups -OCH3 is 1. The summed E-state index contributed by atoms with van der Waals surface area (Å²) in [7, 11) is -2.15. The molecule has 156 valence electrons. The van der Waals surface area contributed by atoms with Gasteiger partial charge in [0.2, 0.25) is 10.0 Å². The molecule has 0 radical (unpaired) electrons. The fourth-order valence-electron chi connectivity index (χ4n) is 2.44. The Bertz CT molecular complexity index is 985. The second-order valence-electron chi connectivity index (χ2n) is 6.56. The largest absolute Gasteiger partial charge is 0.493 e. The summed E-state index contributed by atoms with van der Waals surface area (Å²) in [6.45, 7) is 4.62. The lowest BCUT2D eigenvalue weighted by molar-refractivity contribution is -0.118. The second kappa shape index (κ2) is 9.53. The highest BCUT2D eigenvalue weighted by molar-refractivity contribution is 7.89. The van der Waals surface area contributed by atoms with Gasteiger partial charge in [-0.3, -0.25) is 9.59 Å². The van der Waals surface area contributed by atoms with Crippen molar-refractivity contribution < 1.29 is 27.5 Å². The zero-order valence-electron chi connectivity index (χ0n) is 16.7. The van der Waals surface area contributed by atoms with E-state index in [-0.39, 0.29) is 23.3 Å². The van der Waals surface area contributed by atoms with Gasteiger partial charge in [-0.05, 0) is 63.2 Å². The Morgan fingerprint density at radius 3 is 2.24 bits per heavy atom. The molecular weight excluding hydrogens is 396 g/mol. The van der Waals surface area contributed by atoms with Crippen LogP contribution in [0.2, 0.25) is 0 Å². The number of amides is 1. The van der Waals surface area contributed by atoms with Crippen LogP contribution in [0, 0.1) is 0 Å². The standard InChI is InChI=1S/C20H24N2O6S/c1-13(2)22-29(25,26)17-8-6-16(7-9-17)21-20(24)12-28-18-10-5-15(14(3)23)11-19(18)27-4/h5-11,13,22H,12H2,1-4H3,(H,21,24). The van der Waals surface area contributed by atoms with Crippen molar-refractivity contribution in [3.05, 3.63) is 48.0 Å². The SMILES string of the molecule is COc1cc(C(C)=O)ccc1OCC(=O)Nc1ccc(S(=O)(=O)NC(C)C)cc1. The van der Waals surface area contributed by atoms with E-state index in [1.165, 1.54) is 38.3 Å². The van der Waals surface area contributed by atoms with Crippen molar-refractivity contribution >= 4 is 27.4 Å². The number of hydrogen-bond donors (Lipinski definition) is 2. The van der Waals surface area contributed by atoms with E-state index in [9.17, 15) is 18.0 Å². The van der Waals surface area contributed by atoms with Gasteiger partial charge in [-0.2, -0.15) is 0 Å². The molecule has 2 aromatic carbocycles. The topological polar surface area (TPSA) is 111 Å². The molecule has 8 nitrogen and oxygen atoms in total. The van der Waals surface area contributed by atoms with Crippen LogP contribution >= 0.6 is 0 Å². The first-order valence-electron chi connectivity index (χ1n) is 8.86. The number of rotatable bonds is 9. The van der Waals surface area contributed by atoms with Crippen LogP contribution < -0.4 is 19.5 Å². The fourth-order valence-corrected chi connectivity index (χ4v) is 3.69. The van der Waals surface area contributed by atoms with Crippen molar-refractivity contribution in [3.63, 3.8) is 0 Å². The van der Waals surface area contributed by atoms with Crippen molar-refractivity contribution in [1.82, 2.24) is 4.72 Å². The number of ether oxygens (including phenoxy) is 2. The first kappa shape index (κ1) is 22.4. The number of anilines is 1. The van der Waals surface area contributed by atoms with E-state index in [0.717, 1.165) is 0 Å². The van der Waals surface area contributed by atoms with Gasteiger partial charge in [-0.1, -0.05) is 0 Å². The van der Waals surface area contributed by atoms with Gasteiger partial charge in [0.15, 0.2) is 23.9 Å². The molecule has 2 rings (SSSR count). The predicted molar refractivity (Wildman–Crippen MR) is 109 cm³/mol. The molecule has 0 heterocycles. The summed E-state index contributed by atoms with van der Waals surface area (Å²) in [6, 6.07) is 10.3. The molecule has 0 aliphatic rings. The monoisotopic (exact) mass is 420 g/mol. The Morgan fingerprint density at radius 2 is 1.69 bits per heavy atom. The Morgan fingerprint density at radius 1 is 1.03 bits per heavy atom. The third-order valence-corrected chi connectivity index (χ3v) is 5.44. The minimum absolute atomic E-state index is 0.107. The Kier molecular flexibility index (Phi) is 7.35. The molecule has 0 atom stereocenters.